The van der Waals surface area contributed by atoms with Gasteiger partial charge in [-0.2, -0.15) is 0 Å². The standard InChI is InChI=1S/C16H14OS/c1-11-8-15(10-18-11)16(17)14-7-6-12-4-2-3-5-13(12)9-14/h2-10,16-17H,1H3. The Balaban J connectivity index is 2.03. The summed E-state index contributed by atoms with van der Waals surface area (Å²) in [6.07, 6.45) is -0.528. The van der Waals surface area contributed by atoms with Gasteiger partial charge in [0.05, 0.1) is 0 Å². The van der Waals surface area contributed by atoms with Crippen LogP contribution < -0.4 is 0 Å². The van der Waals surface area contributed by atoms with Crippen molar-refractivity contribution in [1.29, 1.82) is 0 Å². The highest BCUT2D eigenvalue weighted by molar-refractivity contribution is 7.10. The molecule has 0 bridgehead atoms. The van der Waals surface area contributed by atoms with Crippen LogP contribution in [0.5, 0.6) is 0 Å². The maximum absolute atomic E-state index is 10.4. The molecule has 1 aromatic heterocycles. The lowest BCUT2D eigenvalue weighted by Gasteiger charge is -2.10. The second kappa shape index (κ2) is 4.56. The van der Waals surface area contributed by atoms with Crippen LogP contribution in [0.3, 0.4) is 0 Å². The molecule has 1 N–H and O–H groups in total. The summed E-state index contributed by atoms with van der Waals surface area (Å²) in [7, 11) is 0. The Bertz CT molecular complexity index is 684. The Hall–Kier alpha value is -1.64. The number of thiophene rings is 1. The van der Waals surface area contributed by atoms with E-state index in [9.17, 15) is 5.11 Å². The molecule has 2 aromatic carbocycles. The number of hydrogen-bond acceptors (Lipinski definition) is 2. The van der Waals surface area contributed by atoms with Crippen LogP contribution >= 0.6 is 11.3 Å². The van der Waals surface area contributed by atoms with E-state index in [4.69, 9.17) is 0 Å². The molecule has 3 aromatic rings. The van der Waals surface area contributed by atoms with Crippen LogP contribution in [-0.2, 0) is 0 Å². The van der Waals surface area contributed by atoms with E-state index in [2.05, 4.69) is 31.2 Å². The van der Waals surface area contributed by atoms with Crippen molar-refractivity contribution in [2.24, 2.45) is 0 Å². The van der Waals surface area contributed by atoms with Gasteiger partial charge in [-0.1, -0.05) is 36.4 Å². The summed E-state index contributed by atoms with van der Waals surface area (Å²) >= 11 is 1.67. The summed E-state index contributed by atoms with van der Waals surface area (Å²) in [5.41, 5.74) is 1.93. The predicted molar refractivity (Wildman–Crippen MR) is 77.1 cm³/mol. The Labute approximate surface area is 110 Å². The SMILES string of the molecule is Cc1cc(C(O)c2ccc3ccccc3c2)cs1. The lowest BCUT2D eigenvalue weighted by atomic mass is 10.0. The van der Waals surface area contributed by atoms with Crippen LogP contribution in [0.15, 0.2) is 53.9 Å². The molecule has 0 aliphatic heterocycles. The maximum Gasteiger partial charge on any atom is 0.105 e. The highest BCUT2D eigenvalue weighted by atomic mass is 32.1. The minimum atomic E-state index is -0.528. The molecule has 1 unspecified atom stereocenters. The third kappa shape index (κ3) is 2.05. The average molecular weight is 254 g/mol. The highest BCUT2D eigenvalue weighted by Crippen LogP contribution is 2.28. The molecule has 1 nitrogen and oxygen atoms in total. The third-order valence-corrected chi connectivity index (χ3v) is 4.04. The number of aryl methyl sites for hydroxylation is 1. The molecule has 0 aliphatic rings. The zero-order chi connectivity index (χ0) is 12.5. The van der Waals surface area contributed by atoms with E-state index in [0.29, 0.717) is 0 Å². The number of aliphatic hydroxyl groups excluding tert-OH is 1. The van der Waals surface area contributed by atoms with Crippen LogP contribution in [0, 0.1) is 6.92 Å². The molecular formula is C16H14OS. The van der Waals surface area contributed by atoms with E-state index in [0.717, 1.165) is 11.1 Å². The van der Waals surface area contributed by atoms with Gasteiger partial charge in [0.15, 0.2) is 0 Å². The van der Waals surface area contributed by atoms with Crippen molar-refractivity contribution in [3.63, 3.8) is 0 Å². The summed E-state index contributed by atoms with van der Waals surface area (Å²) < 4.78 is 0. The molecule has 0 saturated heterocycles. The molecular weight excluding hydrogens is 240 g/mol. The van der Waals surface area contributed by atoms with E-state index in [1.165, 1.54) is 15.6 Å². The van der Waals surface area contributed by atoms with Gasteiger partial charge < -0.3 is 5.11 Å². The van der Waals surface area contributed by atoms with Gasteiger partial charge in [0, 0.05) is 4.88 Å². The van der Waals surface area contributed by atoms with Gasteiger partial charge in [-0.25, -0.2) is 0 Å². The van der Waals surface area contributed by atoms with Crippen LogP contribution in [-0.4, -0.2) is 5.11 Å². The molecule has 2 heteroatoms. The first kappa shape index (κ1) is 11.5. The smallest absolute Gasteiger partial charge is 0.105 e. The molecule has 0 radical (unpaired) electrons. The largest absolute Gasteiger partial charge is 0.384 e. The fourth-order valence-corrected chi connectivity index (χ4v) is 2.90. The van der Waals surface area contributed by atoms with Crippen LogP contribution in [0.4, 0.5) is 0 Å². The van der Waals surface area contributed by atoms with E-state index in [1.54, 1.807) is 11.3 Å². The van der Waals surface area contributed by atoms with E-state index in [-0.39, 0.29) is 0 Å². The summed E-state index contributed by atoms with van der Waals surface area (Å²) in [6.45, 7) is 2.06. The van der Waals surface area contributed by atoms with Gasteiger partial charge in [-0.3, -0.25) is 0 Å². The molecule has 0 spiro atoms. The minimum Gasteiger partial charge on any atom is -0.384 e. The normalized spacial score (nSPS) is 12.8. The summed E-state index contributed by atoms with van der Waals surface area (Å²) in [5.74, 6) is 0. The lowest BCUT2D eigenvalue weighted by molar-refractivity contribution is 0.221. The quantitative estimate of drug-likeness (QED) is 0.723. The molecule has 1 atom stereocenters. The van der Waals surface area contributed by atoms with Crippen LogP contribution in [0.2, 0.25) is 0 Å². The number of benzene rings is 2. The van der Waals surface area contributed by atoms with Gasteiger partial charge in [0.1, 0.15) is 6.10 Å². The van der Waals surface area contributed by atoms with E-state index >= 15 is 0 Å². The van der Waals surface area contributed by atoms with Gasteiger partial charge in [-0.05, 0) is 46.3 Å². The van der Waals surface area contributed by atoms with Crippen molar-refractivity contribution < 1.29 is 5.11 Å². The molecule has 90 valence electrons. The Kier molecular flexibility index (Phi) is 2.90. The Morgan fingerprint density at radius 2 is 1.72 bits per heavy atom. The summed E-state index contributed by atoms with van der Waals surface area (Å²) in [5, 5.41) is 14.8. The topological polar surface area (TPSA) is 20.2 Å². The van der Waals surface area contributed by atoms with Gasteiger partial charge in [-0.15, -0.1) is 11.3 Å². The Morgan fingerprint density at radius 3 is 2.44 bits per heavy atom. The van der Waals surface area contributed by atoms with Crippen molar-refractivity contribution >= 4 is 22.1 Å². The maximum atomic E-state index is 10.4. The lowest BCUT2D eigenvalue weighted by Crippen LogP contribution is -1.97. The average Bonchev–Trinajstić information content (AvgIpc) is 2.84. The highest BCUT2D eigenvalue weighted by Gasteiger charge is 2.11. The molecule has 3 rings (SSSR count). The Morgan fingerprint density at radius 1 is 0.944 bits per heavy atom. The van der Waals surface area contributed by atoms with E-state index in [1.807, 2.05) is 29.6 Å². The number of aliphatic hydroxyl groups is 1. The third-order valence-electron chi connectivity index (χ3n) is 3.16. The number of rotatable bonds is 2. The van der Waals surface area contributed by atoms with Crippen molar-refractivity contribution in [3.8, 4) is 0 Å². The zero-order valence-corrected chi connectivity index (χ0v) is 10.9. The van der Waals surface area contributed by atoms with E-state index < -0.39 is 6.10 Å². The number of fused-ring (bicyclic) bond motifs is 1. The predicted octanol–water partition coefficient (Wildman–Crippen LogP) is 4.29. The van der Waals surface area contributed by atoms with Crippen LogP contribution in [0.1, 0.15) is 22.1 Å². The van der Waals surface area contributed by atoms with Crippen molar-refractivity contribution in [1.82, 2.24) is 0 Å². The van der Waals surface area contributed by atoms with Gasteiger partial charge in [0.25, 0.3) is 0 Å². The molecule has 0 fully saturated rings. The van der Waals surface area contributed by atoms with Gasteiger partial charge >= 0.3 is 0 Å². The molecule has 0 saturated carbocycles. The second-order valence-electron chi connectivity index (χ2n) is 4.50. The summed E-state index contributed by atoms with van der Waals surface area (Å²) in [4.78, 5) is 1.23. The van der Waals surface area contributed by atoms with Crippen molar-refractivity contribution in [2.45, 2.75) is 13.0 Å². The van der Waals surface area contributed by atoms with Gasteiger partial charge in [0.2, 0.25) is 0 Å². The molecule has 0 amide bonds. The fourth-order valence-electron chi connectivity index (χ4n) is 2.18. The summed E-state index contributed by atoms with van der Waals surface area (Å²) in [6, 6.07) is 16.4. The zero-order valence-electron chi connectivity index (χ0n) is 10.1. The first-order valence-corrected chi connectivity index (χ1v) is 6.84. The van der Waals surface area contributed by atoms with Crippen LogP contribution in [0.25, 0.3) is 10.8 Å². The first-order valence-electron chi connectivity index (χ1n) is 5.96. The fraction of sp³-hybridized carbons (Fsp3) is 0.125. The van der Waals surface area contributed by atoms with Crippen molar-refractivity contribution in [2.75, 3.05) is 0 Å². The van der Waals surface area contributed by atoms with Crippen molar-refractivity contribution in [3.05, 3.63) is 69.9 Å². The second-order valence-corrected chi connectivity index (χ2v) is 5.62. The minimum absolute atomic E-state index is 0.528. The molecule has 1 heterocycles. The first-order chi connectivity index (χ1) is 8.74. The molecule has 18 heavy (non-hydrogen) atoms. The molecule has 0 aliphatic carbocycles. The monoisotopic (exact) mass is 254 g/mol. The number of hydrogen-bond donors (Lipinski definition) is 1.